The zero-order chi connectivity index (χ0) is 14.1. The van der Waals surface area contributed by atoms with E-state index in [0.29, 0.717) is 17.8 Å². The number of carbonyl (C=O) groups is 1. The van der Waals surface area contributed by atoms with Crippen LogP contribution in [0, 0.1) is 0 Å². The molecule has 102 valence electrons. The Morgan fingerprint density at radius 1 is 1.40 bits per heavy atom. The SMILES string of the molecule is Nc1cnc(Cl)cc1C(=O)N1CCSc2ccccc21. The van der Waals surface area contributed by atoms with E-state index in [1.54, 1.807) is 16.7 Å². The van der Waals surface area contributed by atoms with Crippen LogP contribution in [0.5, 0.6) is 0 Å². The maximum atomic E-state index is 12.7. The molecule has 1 aromatic heterocycles. The Balaban J connectivity index is 2.02. The Kier molecular flexibility index (Phi) is 3.54. The average Bonchev–Trinajstić information content (AvgIpc) is 2.48. The fourth-order valence-electron chi connectivity index (χ4n) is 2.15. The maximum absolute atomic E-state index is 12.7. The number of nitrogens with two attached hydrogens (primary N) is 1. The van der Waals surface area contributed by atoms with Gasteiger partial charge in [0.2, 0.25) is 0 Å². The number of benzene rings is 1. The Bertz CT molecular complexity index is 677. The summed E-state index contributed by atoms with van der Waals surface area (Å²) in [5.74, 6) is 0.723. The second-order valence-corrected chi connectivity index (χ2v) is 5.89. The second-order valence-electron chi connectivity index (χ2n) is 4.37. The first-order valence-electron chi connectivity index (χ1n) is 6.11. The lowest BCUT2D eigenvalue weighted by molar-refractivity contribution is 0.0988. The van der Waals surface area contributed by atoms with Crippen molar-refractivity contribution in [3.8, 4) is 0 Å². The van der Waals surface area contributed by atoms with Gasteiger partial charge in [0, 0.05) is 17.2 Å². The number of anilines is 2. The third kappa shape index (κ3) is 2.34. The number of fused-ring (bicyclic) bond motifs is 1. The van der Waals surface area contributed by atoms with Gasteiger partial charge >= 0.3 is 0 Å². The lowest BCUT2D eigenvalue weighted by atomic mass is 10.2. The molecule has 0 aliphatic carbocycles. The number of nitrogen functional groups attached to an aromatic ring is 1. The van der Waals surface area contributed by atoms with Gasteiger partial charge < -0.3 is 10.6 Å². The molecule has 0 radical (unpaired) electrons. The summed E-state index contributed by atoms with van der Waals surface area (Å²) in [6.45, 7) is 0.653. The predicted molar refractivity (Wildman–Crippen MR) is 82.5 cm³/mol. The third-order valence-corrected chi connectivity index (χ3v) is 4.36. The number of nitrogens with zero attached hydrogens (tertiary/aromatic N) is 2. The highest BCUT2D eigenvalue weighted by Gasteiger charge is 2.25. The summed E-state index contributed by atoms with van der Waals surface area (Å²) in [7, 11) is 0. The molecule has 0 spiro atoms. The summed E-state index contributed by atoms with van der Waals surface area (Å²) >= 11 is 7.61. The molecule has 1 aromatic carbocycles. The molecule has 1 aliphatic heterocycles. The van der Waals surface area contributed by atoms with Crippen molar-refractivity contribution in [1.82, 2.24) is 4.98 Å². The van der Waals surface area contributed by atoms with Crippen LogP contribution in [0.25, 0.3) is 0 Å². The van der Waals surface area contributed by atoms with Gasteiger partial charge in [0.15, 0.2) is 0 Å². The Labute approximate surface area is 125 Å². The lowest BCUT2D eigenvalue weighted by Crippen LogP contribution is -2.35. The van der Waals surface area contributed by atoms with Crippen LogP contribution in [0.4, 0.5) is 11.4 Å². The van der Waals surface area contributed by atoms with Crippen molar-refractivity contribution >= 4 is 40.6 Å². The highest BCUT2D eigenvalue weighted by molar-refractivity contribution is 7.99. The number of thioether (sulfide) groups is 1. The summed E-state index contributed by atoms with van der Waals surface area (Å²) in [6.07, 6.45) is 1.42. The van der Waals surface area contributed by atoms with Gasteiger partial charge in [-0.05, 0) is 18.2 Å². The van der Waals surface area contributed by atoms with E-state index in [1.807, 2.05) is 24.3 Å². The van der Waals surface area contributed by atoms with E-state index in [4.69, 9.17) is 17.3 Å². The molecule has 3 rings (SSSR count). The van der Waals surface area contributed by atoms with Gasteiger partial charge in [0.05, 0.1) is 23.1 Å². The molecule has 2 aromatic rings. The Morgan fingerprint density at radius 3 is 3.05 bits per heavy atom. The van der Waals surface area contributed by atoms with Gasteiger partial charge in [0.1, 0.15) is 5.15 Å². The molecule has 6 heteroatoms. The molecule has 1 amide bonds. The van der Waals surface area contributed by atoms with Crippen LogP contribution in [0.3, 0.4) is 0 Å². The number of amides is 1. The molecule has 0 saturated heterocycles. The van der Waals surface area contributed by atoms with Crippen LogP contribution >= 0.6 is 23.4 Å². The van der Waals surface area contributed by atoms with Gasteiger partial charge in [-0.25, -0.2) is 4.98 Å². The quantitative estimate of drug-likeness (QED) is 0.823. The molecule has 0 saturated carbocycles. The Morgan fingerprint density at radius 2 is 2.20 bits per heavy atom. The van der Waals surface area contributed by atoms with Crippen molar-refractivity contribution < 1.29 is 4.79 Å². The van der Waals surface area contributed by atoms with Crippen molar-refractivity contribution in [3.05, 3.63) is 47.2 Å². The van der Waals surface area contributed by atoms with Crippen LogP contribution in [-0.2, 0) is 0 Å². The molecule has 20 heavy (non-hydrogen) atoms. The first-order chi connectivity index (χ1) is 9.66. The van der Waals surface area contributed by atoms with E-state index in [2.05, 4.69) is 4.98 Å². The van der Waals surface area contributed by atoms with Gasteiger partial charge in [-0.3, -0.25) is 4.79 Å². The van der Waals surface area contributed by atoms with Crippen LogP contribution in [0.2, 0.25) is 5.15 Å². The number of hydrogen-bond donors (Lipinski definition) is 1. The fourth-order valence-corrected chi connectivity index (χ4v) is 3.30. The van der Waals surface area contributed by atoms with E-state index in [-0.39, 0.29) is 11.1 Å². The number of aromatic nitrogens is 1. The van der Waals surface area contributed by atoms with Crippen LogP contribution in [0.1, 0.15) is 10.4 Å². The predicted octanol–water partition coefficient (Wildman–Crippen LogP) is 3.07. The van der Waals surface area contributed by atoms with Crippen molar-refractivity contribution in [2.24, 2.45) is 0 Å². The van der Waals surface area contributed by atoms with E-state index in [1.165, 1.54) is 12.3 Å². The molecule has 0 unspecified atom stereocenters. The van der Waals surface area contributed by atoms with Crippen molar-refractivity contribution in [1.29, 1.82) is 0 Å². The summed E-state index contributed by atoms with van der Waals surface area (Å²) in [6, 6.07) is 9.37. The second kappa shape index (κ2) is 5.34. The summed E-state index contributed by atoms with van der Waals surface area (Å²) in [4.78, 5) is 19.4. The molecule has 0 bridgehead atoms. The summed E-state index contributed by atoms with van der Waals surface area (Å²) in [5, 5.41) is 0.266. The number of pyridine rings is 1. The van der Waals surface area contributed by atoms with Gasteiger partial charge in [-0.2, -0.15) is 0 Å². The zero-order valence-corrected chi connectivity index (χ0v) is 12.1. The van der Waals surface area contributed by atoms with Crippen molar-refractivity contribution in [2.45, 2.75) is 4.90 Å². The number of para-hydroxylation sites is 1. The molecule has 2 N–H and O–H groups in total. The maximum Gasteiger partial charge on any atom is 0.260 e. The summed E-state index contributed by atoms with van der Waals surface area (Å²) < 4.78 is 0. The first-order valence-corrected chi connectivity index (χ1v) is 7.48. The van der Waals surface area contributed by atoms with Crippen molar-refractivity contribution in [2.75, 3.05) is 22.9 Å². The number of carbonyl (C=O) groups excluding carboxylic acids is 1. The molecular weight excluding hydrogens is 294 g/mol. The molecule has 2 heterocycles. The fraction of sp³-hybridized carbons (Fsp3) is 0.143. The van der Waals surface area contributed by atoms with Gasteiger partial charge in [0.25, 0.3) is 5.91 Å². The molecule has 0 fully saturated rings. The first kappa shape index (κ1) is 13.3. The van der Waals surface area contributed by atoms with Crippen LogP contribution in [-0.4, -0.2) is 23.2 Å². The van der Waals surface area contributed by atoms with Crippen molar-refractivity contribution in [3.63, 3.8) is 0 Å². The number of hydrogen-bond acceptors (Lipinski definition) is 4. The minimum atomic E-state index is -0.139. The topological polar surface area (TPSA) is 59.2 Å². The normalized spacial score (nSPS) is 13.9. The van der Waals surface area contributed by atoms with Gasteiger partial charge in [-0.15, -0.1) is 11.8 Å². The smallest absolute Gasteiger partial charge is 0.260 e. The third-order valence-electron chi connectivity index (χ3n) is 3.11. The monoisotopic (exact) mass is 305 g/mol. The highest BCUT2D eigenvalue weighted by Crippen LogP contribution is 2.35. The average molecular weight is 306 g/mol. The molecule has 4 nitrogen and oxygen atoms in total. The zero-order valence-electron chi connectivity index (χ0n) is 10.5. The minimum Gasteiger partial charge on any atom is -0.397 e. The van der Waals surface area contributed by atoms with Crippen LogP contribution in [0.15, 0.2) is 41.4 Å². The number of halogens is 1. The standard InChI is InChI=1S/C14H12ClN3OS/c15-13-7-9(10(16)8-17-13)14(19)18-5-6-20-12-4-2-1-3-11(12)18/h1-4,7-8H,5-6,16H2. The minimum absolute atomic E-state index is 0.139. The van der Waals surface area contributed by atoms with E-state index in [0.717, 1.165) is 16.3 Å². The van der Waals surface area contributed by atoms with E-state index in [9.17, 15) is 4.79 Å². The van der Waals surface area contributed by atoms with E-state index >= 15 is 0 Å². The molecule has 1 aliphatic rings. The molecule has 0 atom stereocenters. The molecular formula is C14H12ClN3OS. The largest absolute Gasteiger partial charge is 0.397 e. The summed E-state index contributed by atoms with van der Waals surface area (Å²) in [5.41, 5.74) is 7.50. The Hall–Kier alpha value is -1.72. The highest BCUT2D eigenvalue weighted by atomic mass is 35.5. The van der Waals surface area contributed by atoms with E-state index < -0.39 is 0 Å². The van der Waals surface area contributed by atoms with Gasteiger partial charge in [-0.1, -0.05) is 23.7 Å². The number of rotatable bonds is 1. The van der Waals surface area contributed by atoms with Crippen LogP contribution < -0.4 is 10.6 Å². The lowest BCUT2D eigenvalue weighted by Gasteiger charge is -2.29.